The summed E-state index contributed by atoms with van der Waals surface area (Å²) in [4.78, 5) is 26.6. The summed E-state index contributed by atoms with van der Waals surface area (Å²) < 4.78 is 0. The number of anilines is 4. The third-order valence-electron chi connectivity index (χ3n) is 5.19. The van der Waals surface area contributed by atoms with Gasteiger partial charge in [0.15, 0.2) is 11.6 Å². The number of ketones is 2. The van der Waals surface area contributed by atoms with Crippen LogP contribution in [-0.2, 0) is 0 Å². The van der Waals surface area contributed by atoms with Crippen LogP contribution < -0.4 is 10.6 Å². The molecule has 0 heterocycles. The minimum absolute atomic E-state index is 0.137. The average molecular weight is 390 g/mol. The lowest BCUT2D eigenvalue weighted by Crippen LogP contribution is -2.22. The van der Waals surface area contributed by atoms with Crippen molar-refractivity contribution in [2.24, 2.45) is 0 Å². The largest absolute Gasteiger partial charge is 0.354 e. The zero-order valence-electron chi connectivity index (χ0n) is 16.1. The Balaban J connectivity index is 1.70. The second-order valence-electron chi connectivity index (χ2n) is 7.10. The van der Waals surface area contributed by atoms with Crippen LogP contribution in [0.4, 0.5) is 22.7 Å². The van der Waals surface area contributed by atoms with Gasteiger partial charge in [-0.15, -0.1) is 0 Å². The average Bonchev–Trinajstić information content (AvgIpc) is 2.80. The second-order valence-corrected chi connectivity index (χ2v) is 7.10. The van der Waals surface area contributed by atoms with Crippen LogP contribution in [0, 0.1) is 0 Å². The van der Waals surface area contributed by atoms with Gasteiger partial charge in [0, 0.05) is 28.1 Å². The highest BCUT2D eigenvalue weighted by atomic mass is 16.1. The van der Waals surface area contributed by atoms with Crippen LogP contribution in [0.2, 0.25) is 0 Å². The monoisotopic (exact) mass is 390 g/mol. The summed E-state index contributed by atoms with van der Waals surface area (Å²) in [5.41, 5.74) is 4.73. The molecule has 0 fully saturated rings. The first-order valence-corrected chi connectivity index (χ1v) is 9.72. The molecule has 0 saturated heterocycles. The van der Waals surface area contributed by atoms with Crippen LogP contribution >= 0.6 is 0 Å². The van der Waals surface area contributed by atoms with Gasteiger partial charge in [0.05, 0.1) is 16.9 Å². The van der Waals surface area contributed by atoms with Gasteiger partial charge >= 0.3 is 0 Å². The highest BCUT2D eigenvalue weighted by Gasteiger charge is 2.32. The molecule has 1 aliphatic rings. The summed E-state index contributed by atoms with van der Waals surface area (Å²) in [6.45, 7) is 0. The van der Waals surface area contributed by atoms with Gasteiger partial charge in [0.25, 0.3) is 0 Å². The number of benzene rings is 4. The molecule has 0 spiro atoms. The molecule has 0 unspecified atom stereocenters. The van der Waals surface area contributed by atoms with Gasteiger partial charge in [-0.05, 0) is 36.4 Å². The Hall–Kier alpha value is -4.18. The van der Waals surface area contributed by atoms with Crippen LogP contribution in [0.5, 0.6) is 0 Å². The zero-order valence-corrected chi connectivity index (χ0v) is 16.1. The summed E-state index contributed by atoms with van der Waals surface area (Å²) in [7, 11) is 0. The van der Waals surface area contributed by atoms with Crippen molar-refractivity contribution in [3.05, 3.63) is 119 Å². The van der Waals surface area contributed by atoms with E-state index in [0.29, 0.717) is 27.9 Å². The van der Waals surface area contributed by atoms with Gasteiger partial charge in [-0.2, -0.15) is 0 Å². The van der Waals surface area contributed by atoms with E-state index in [1.165, 1.54) is 0 Å². The van der Waals surface area contributed by atoms with E-state index in [0.717, 1.165) is 17.1 Å². The van der Waals surface area contributed by atoms with E-state index in [1.807, 2.05) is 66.7 Å². The molecule has 4 nitrogen and oxygen atoms in total. The molecule has 144 valence electrons. The number of para-hydroxylation sites is 2. The first-order valence-electron chi connectivity index (χ1n) is 9.72. The molecule has 0 radical (unpaired) electrons. The molecule has 4 heteroatoms. The van der Waals surface area contributed by atoms with Crippen molar-refractivity contribution in [2.45, 2.75) is 0 Å². The van der Waals surface area contributed by atoms with Crippen molar-refractivity contribution < 1.29 is 9.59 Å². The molecule has 4 aromatic carbocycles. The molecule has 0 aliphatic heterocycles. The third kappa shape index (κ3) is 3.05. The summed E-state index contributed by atoms with van der Waals surface area (Å²) >= 11 is 0. The molecule has 0 amide bonds. The maximum absolute atomic E-state index is 13.4. The van der Waals surface area contributed by atoms with Crippen molar-refractivity contribution in [3.63, 3.8) is 0 Å². The van der Waals surface area contributed by atoms with Crippen molar-refractivity contribution in [3.8, 4) is 0 Å². The highest BCUT2D eigenvalue weighted by molar-refractivity contribution is 6.31. The normalized spacial score (nSPS) is 12.1. The molecule has 2 N–H and O–H groups in total. The summed E-state index contributed by atoms with van der Waals surface area (Å²) in [5, 5.41) is 6.74. The van der Waals surface area contributed by atoms with E-state index >= 15 is 0 Å². The zero-order chi connectivity index (χ0) is 20.5. The lowest BCUT2D eigenvalue weighted by Gasteiger charge is -2.23. The quantitative estimate of drug-likeness (QED) is 0.398. The number of hydrogen-bond acceptors (Lipinski definition) is 4. The number of hydrogen-bond donors (Lipinski definition) is 2. The van der Waals surface area contributed by atoms with E-state index in [9.17, 15) is 9.59 Å². The highest BCUT2D eigenvalue weighted by Crippen LogP contribution is 2.39. The molecule has 4 aromatic rings. The van der Waals surface area contributed by atoms with Gasteiger partial charge in [0.2, 0.25) is 0 Å². The standard InChI is InChI=1S/C26H18N2O2/c29-25-19-13-7-8-14-20(19)26(30)23-21(25)15-16-22(27-17-9-3-1-4-10-17)24(23)28-18-11-5-2-6-12-18/h1-16,27-28H. The van der Waals surface area contributed by atoms with E-state index < -0.39 is 0 Å². The summed E-state index contributed by atoms with van der Waals surface area (Å²) in [6, 6.07) is 29.9. The molecule has 0 atom stereocenters. The molecule has 0 aromatic heterocycles. The van der Waals surface area contributed by atoms with Crippen LogP contribution in [0.15, 0.2) is 97.1 Å². The van der Waals surface area contributed by atoms with Crippen LogP contribution in [0.3, 0.4) is 0 Å². The van der Waals surface area contributed by atoms with E-state index in [-0.39, 0.29) is 11.6 Å². The molecule has 0 bridgehead atoms. The van der Waals surface area contributed by atoms with Crippen molar-refractivity contribution in [1.29, 1.82) is 0 Å². The van der Waals surface area contributed by atoms with Gasteiger partial charge in [-0.3, -0.25) is 9.59 Å². The molecular formula is C26H18N2O2. The second kappa shape index (κ2) is 7.33. The predicted molar refractivity (Wildman–Crippen MR) is 119 cm³/mol. The molecule has 30 heavy (non-hydrogen) atoms. The van der Waals surface area contributed by atoms with E-state index in [4.69, 9.17) is 0 Å². The van der Waals surface area contributed by atoms with Crippen LogP contribution in [0.25, 0.3) is 0 Å². The number of nitrogens with one attached hydrogen (secondary N) is 2. The van der Waals surface area contributed by atoms with Gasteiger partial charge in [-0.25, -0.2) is 0 Å². The Kier molecular flexibility index (Phi) is 4.37. The lowest BCUT2D eigenvalue weighted by molar-refractivity contribution is 0.0980. The Labute approximate surface area is 174 Å². The fourth-order valence-electron chi connectivity index (χ4n) is 3.76. The lowest BCUT2D eigenvalue weighted by atomic mass is 9.82. The predicted octanol–water partition coefficient (Wildman–Crippen LogP) is 5.95. The molecule has 5 rings (SSSR count). The van der Waals surface area contributed by atoms with Crippen molar-refractivity contribution >= 4 is 34.3 Å². The van der Waals surface area contributed by atoms with Gasteiger partial charge in [-0.1, -0.05) is 60.7 Å². The number of carbonyl (C=O) groups is 2. The molecular weight excluding hydrogens is 372 g/mol. The topological polar surface area (TPSA) is 58.2 Å². The minimum atomic E-state index is -0.157. The maximum atomic E-state index is 13.4. The van der Waals surface area contributed by atoms with Gasteiger partial charge < -0.3 is 10.6 Å². The summed E-state index contributed by atoms with van der Waals surface area (Å²) in [6.07, 6.45) is 0. The van der Waals surface area contributed by atoms with Crippen molar-refractivity contribution in [2.75, 3.05) is 10.6 Å². The molecule has 0 saturated carbocycles. The molecule has 1 aliphatic carbocycles. The van der Waals surface area contributed by atoms with Crippen molar-refractivity contribution in [1.82, 2.24) is 0 Å². The van der Waals surface area contributed by atoms with Crippen LogP contribution in [0.1, 0.15) is 31.8 Å². The minimum Gasteiger partial charge on any atom is -0.354 e. The SMILES string of the molecule is O=C1c2ccccc2C(=O)c2c1ccc(Nc1ccccc1)c2Nc1ccccc1. The maximum Gasteiger partial charge on any atom is 0.196 e. The fourth-order valence-corrected chi connectivity index (χ4v) is 3.76. The third-order valence-corrected chi connectivity index (χ3v) is 5.19. The first-order chi connectivity index (χ1) is 14.7. The Morgan fingerprint density at radius 1 is 0.467 bits per heavy atom. The first kappa shape index (κ1) is 17.9. The van der Waals surface area contributed by atoms with Gasteiger partial charge in [0.1, 0.15) is 0 Å². The number of carbonyl (C=O) groups excluding carboxylic acids is 2. The smallest absolute Gasteiger partial charge is 0.196 e. The fraction of sp³-hybridized carbons (Fsp3) is 0. The Morgan fingerprint density at radius 3 is 1.63 bits per heavy atom. The Bertz CT molecular complexity index is 1260. The van der Waals surface area contributed by atoms with E-state index in [1.54, 1.807) is 30.3 Å². The number of rotatable bonds is 4. The number of fused-ring (bicyclic) bond motifs is 2. The van der Waals surface area contributed by atoms with E-state index in [2.05, 4.69) is 10.6 Å². The summed E-state index contributed by atoms with van der Waals surface area (Å²) in [5.74, 6) is -0.294. The Morgan fingerprint density at radius 2 is 1.00 bits per heavy atom. The van der Waals surface area contributed by atoms with Crippen LogP contribution in [-0.4, -0.2) is 11.6 Å².